The first-order chi connectivity index (χ1) is 12.6. The molecule has 0 amide bonds. The van der Waals surface area contributed by atoms with E-state index in [-0.39, 0.29) is 17.7 Å². The van der Waals surface area contributed by atoms with Gasteiger partial charge in [-0.1, -0.05) is 48.5 Å². The lowest BCUT2D eigenvalue weighted by Gasteiger charge is -2.20. The highest BCUT2D eigenvalue weighted by Gasteiger charge is 2.20. The second kappa shape index (κ2) is 7.88. The molecule has 2 aromatic carbocycles. The van der Waals surface area contributed by atoms with E-state index >= 15 is 0 Å². The van der Waals surface area contributed by atoms with Crippen LogP contribution in [0.3, 0.4) is 0 Å². The number of imidazole rings is 1. The Kier molecular flexibility index (Phi) is 5.38. The molecule has 0 aliphatic heterocycles. The molecular formula is C19H19FN4O2. The van der Waals surface area contributed by atoms with E-state index in [1.165, 1.54) is 16.8 Å². The number of aryl methyl sites for hydroxylation is 1. The van der Waals surface area contributed by atoms with E-state index in [4.69, 9.17) is 0 Å². The van der Waals surface area contributed by atoms with Crippen molar-refractivity contribution in [2.75, 3.05) is 6.54 Å². The van der Waals surface area contributed by atoms with Crippen molar-refractivity contribution in [1.29, 1.82) is 0 Å². The summed E-state index contributed by atoms with van der Waals surface area (Å²) in [6.07, 6.45) is 1.25. The number of hydrogen-bond acceptors (Lipinski definition) is 4. The van der Waals surface area contributed by atoms with Crippen molar-refractivity contribution in [2.24, 2.45) is 0 Å². The summed E-state index contributed by atoms with van der Waals surface area (Å²) in [6.45, 7) is 2.50. The molecule has 1 atom stereocenters. The Balaban J connectivity index is 1.81. The van der Waals surface area contributed by atoms with Gasteiger partial charge in [0.1, 0.15) is 18.6 Å². The average Bonchev–Trinajstić information content (AvgIpc) is 3.01. The van der Waals surface area contributed by atoms with E-state index in [1.54, 1.807) is 25.1 Å². The van der Waals surface area contributed by atoms with E-state index in [0.29, 0.717) is 24.5 Å². The van der Waals surface area contributed by atoms with Gasteiger partial charge in [-0.15, -0.1) is 0 Å². The minimum absolute atomic E-state index is 0.0496. The van der Waals surface area contributed by atoms with Crippen LogP contribution in [-0.4, -0.2) is 21.0 Å². The first-order valence-corrected chi connectivity index (χ1v) is 8.27. The summed E-state index contributed by atoms with van der Waals surface area (Å²) in [5, 5.41) is 14.4. The number of rotatable bonds is 7. The molecular weight excluding hydrogens is 335 g/mol. The van der Waals surface area contributed by atoms with Gasteiger partial charge in [0.15, 0.2) is 5.82 Å². The standard InChI is InChI=1S/C19H19FN4O2/c1-14-22-13-18(24(25)26)23(14)12-11-21-19(15-7-3-2-4-8-15)16-9-5-6-10-17(16)20/h2-10,13,19,21H,11-12H2,1H3. The maximum Gasteiger partial charge on any atom is 0.342 e. The van der Waals surface area contributed by atoms with Crippen LogP contribution in [0.2, 0.25) is 0 Å². The van der Waals surface area contributed by atoms with Gasteiger partial charge in [0.2, 0.25) is 0 Å². The lowest BCUT2D eigenvalue weighted by Crippen LogP contribution is -2.27. The monoisotopic (exact) mass is 354 g/mol. The molecule has 6 nitrogen and oxygen atoms in total. The number of benzene rings is 2. The van der Waals surface area contributed by atoms with Gasteiger partial charge in [-0.3, -0.25) is 0 Å². The SMILES string of the molecule is Cc1ncc([N+](=O)[O-])n1CCNC(c1ccccc1)c1ccccc1F. The fourth-order valence-corrected chi connectivity index (χ4v) is 2.96. The number of nitro groups is 1. The Hall–Kier alpha value is -3.06. The Morgan fingerprint density at radius 3 is 2.58 bits per heavy atom. The fourth-order valence-electron chi connectivity index (χ4n) is 2.96. The highest BCUT2D eigenvalue weighted by atomic mass is 19.1. The number of aromatic nitrogens is 2. The van der Waals surface area contributed by atoms with Crippen LogP contribution in [0.4, 0.5) is 10.2 Å². The van der Waals surface area contributed by atoms with Gasteiger partial charge in [0.05, 0.1) is 6.04 Å². The summed E-state index contributed by atoms with van der Waals surface area (Å²) in [7, 11) is 0. The average molecular weight is 354 g/mol. The molecule has 0 saturated carbocycles. The predicted octanol–water partition coefficient (Wildman–Crippen LogP) is 3.62. The third-order valence-electron chi connectivity index (χ3n) is 4.25. The molecule has 0 aliphatic rings. The van der Waals surface area contributed by atoms with Crippen LogP contribution in [0.15, 0.2) is 60.8 Å². The van der Waals surface area contributed by atoms with E-state index < -0.39 is 4.92 Å². The molecule has 1 aromatic heterocycles. The molecule has 1 unspecified atom stereocenters. The summed E-state index contributed by atoms with van der Waals surface area (Å²) in [6, 6.07) is 15.8. The largest absolute Gasteiger partial charge is 0.358 e. The zero-order valence-corrected chi connectivity index (χ0v) is 14.3. The molecule has 134 valence electrons. The van der Waals surface area contributed by atoms with Crippen LogP contribution in [0.25, 0.3) is 0 Å². The Morgan fingerprint density at radius 2 is 1.88 bits per heavy atom. The van der Waals surface area contributed by atoms with Gasteiger partial charge in [-0.05, 0) is 16.6 Å². The topological polar surface area (TPSA) is 73.0 Å². The van der Waals surface area contributed by atoms with E-state index in [0.717, 1.165) is 5.56 Å². The molecule has 0 aliphatic carbocycles. The highest BCUT2D eigenvalue weighted by molar-refractivity contribution is 5.32. The molecule has 1 heterocycles. The van der Waals surface area contributed by atoms with Crippen molar-refractivity contribution in [3.05, 3.63) is 93.7 Å². The summed E-state index contributed by atoms with van der Waals surface area (Å²) < 4.78 is 15.9. The summed E-state index contributed by atoms with van der Waals surface area (Å²) >= 11 is 0. The van der Waals surface area contributed by atoms with Gasteiger partial charge < -0.3 is 15.4 Å². The number of nitrogens with zero attached hydrogens (tertiary/aromatic N) is 3. The summed E-state index contributed by atoms with van der Waals surface area (Å²) in [4.78, 5) is 14.6. The van der Waals surface area contributed by atoms with E-state index in [9.17, 15) is 14.5 Å². The molecule has 7 heteroatoms. The summed E-state index contributed by atoms with van der Waals surface area (Å²) in [5.74, 6) is 0.228. The van der Waals surface area contributed by atoms with Crippen LogP contribution in [0.5, 0.6) is 0 Å². The smallest absolute Gasteiger partial charge is 0.342 e. The van der Waals surface area contributed by atoms with Crippen molar-refractivity contribution < 1.29 is 9.31 Å². The van der Waals surface area contributed by atoms with Crippen molar-refractivity contribution in [3.8, 4) is 0 Å². The van der Waals surface area contributed by atoms with E-state index in [2.05, 4.69) is 10.3 Å². The second-order valence-corrected chi connectivity index (χ2v) is 5.89. The predicted molar refractivity (Wildman–Crippen MR) is 96.3 cm³/mol. The van der Waals surface area contributed by atoms with Gasteiger partial charge >= 0.3 is 5.82 Å². The molecule has 3 rings (SSSR count). The third-order valence-corrected chi connectivity index (χ3v) is 4.25. The maximum absolute atomic E-state index is 14.3. The molecule has 26 heavy (non-hydrogen) atoms. The van der Waals surface area contributed by atoms with Crippen LogP contribution in [0.1, 0.15) is 23.0 Å². The van der Waals surface area contributed by atoms with Crippen molar-refractivity contribution in [1.82, 2.24) is 14.9 Å². The first kappa shape index (κ1) is 17.8. The first-order valence-electron chi connectivity index (χ1n) is 8.27. The molecule has 0 spiro atoms. The normalized spacial score (nSPS) is 12.1. The van der Waals surface area contributed by atoms with Crippen LogP contribution < -0.4 is 5.32 Å². The van der Waals surface area contributed by atoms with Gasteiger partial charge in [-0.2, -0.15) is 0 Å². The maximum atomic E-state index is 14.3. The van der Waals surface area contributed by atoms with Crippen molar-refractivity contribution in [3.63, 3.8) is 0 Å². The third kappa shape index (κ3) is 3.78. The van der Waals surface area contributed by atoms with Gasteiger partial charge in [0, 0.05) is 19.0 Å². The lowest BCUT2D eigenvalue weighted by molar-refractivity contribution is -0.392. The zero-order valence-electron chi connectivity index (χ0n) is 14.3. The minimum Gasteiger partial charge on any atom is -0.358 e. The van der Waals surface area contributed by atoms with E-state index in [1.807, 2.05) is 30.3 Å². The lowest BCUT2D eigenvalue weighted by atomic mass is 9.98. The van der Waals surface area contributed by atoms with Gasteiger partial charge in [-0.25, -0.2) is 13.9 Å². The van der Waals surface area contributed by atoms with Crippen molar-refractivity contribution in [2.45, 2.75) is 19.5 Å². The second-order valence-electron chi connectivity index (χ2n) is 5.89. The molecule has 0 radical (unpaired) electrons. The highest BCUT2D eigenvalue weighted by Crippen LogP contribution is 2.24. The van der Waals surface area contributed by atoms with Crippen LogP contribution in [0, 0.1) is 22.9 Å². The number of hydrogen-bond donors (Lipinski definition) is 1. The van der Waals surface area contributed by atoms with Crippen LogP contribution >= 0.6 is 0 Å². The van der Waals surface area contributed by atoms with Gasteiger partial charge in [0.25, 0.3) is 0 Å². The molecule has 3 aromatic rings. The van der Waals surface area contributed by atoms with Crippen LogP contribution in [-0.2, 0) is 6.54 Å². The summed E-state index contributed by atoms with van der Waals surface area (Å²) in [5.41, 5.74) is 1.46. The number of halogens is 1. The Morgan fingerprint density at radius 1 is 1.19 bits per heavy atom. The minimum atomic E-state index is -0.453. The molecule has 0 saturated heterocycles. The quantitative estimate of drug-likeness (QED) is 0.519. The Bertz CT molecular complexity index is 896. The zero-order chi connectivity index (χ0) is 18.5. The fraction of sp³-hybridized carbons (Fsp3) is 0.211. The molecule has 0 bridgehead atoms. The molecule has 1 N–H and O–H groups in total. The van der Waals surface area contributed by atoms with Crippen molar-refractivity contribution >= 4 is 5.82 Å². The number of nitrogens with one attached hydrogen (secondary N) is 1. The molecule has 0 fully saturated rings. The Labute approximate surface area is 150 Å².